The molecule has 0 aliphatic carbocycles. The number of ketones is 1. The van der Waals surface area contributed by atoms with E-state index in [9.17, 15) is 4.79 Å². The van der Waals surface area contributed by atoms with Crippen LogP contribution in [-0.2, 0) is 4.79 Å². The van der Waals surface area contributed by atoms with Gasteiger partial charge in [-0.25, -0.2) is 0 Å². The summed E-state index contributed by atoms with van der Waals surface area (Å²) in [7, 11) is 0. The van der Waals surface area contributed by atoms with E-state index >= 15 is 0 Å². The van der Waals surface area contributed by atoms with Gasteiger partial charge in [0, 0.05) is 6.42 Å². The van der Waals surface area contributed by atoms with E-state index in [1.807, 2.05) is 0 Å². The fourth-order valence-corrected chi connectivity index (χ4v) is 1.91. The highest BCUT2D eigenvalue weighted by molar-refractivity contribution is 5.85. The average molecular weight is 300 g/mol. The number of hydrogen-bond donors (Lipinski definition) is 1. The van der Waals surface area contributed by atoms with E-state index in [1.165, 1.54) is 57.8 Å². The lowest BCUT2D eigenvalue weighted by Crippen LogP contribution is -2.12. The van der Waals surface area contributed by atoms with Crippen molar-refractivity contribution in [2.45, 2.75) is 77.6 Å². The first-order valence-electron chi connectivity index (χ1n) is 7.03. The molecule has 4 heteroatoms. The maximum Gasteiger partial charge on any atom is 0.146 e. The number of Topliss-reactive ketones (excluding diaryl/α,β-unsaturated/α-hetero) is 1. The van der Waals surface area contributed by atoms with Crippen LogP contribution in [0.2, 0.25) is 0 Å². The third-order valence-corrected chi connectivity index (χ3v) is 3.04. The predicted octanol–water partition coefficient (Wildman–Crippen LogP) is 4.67. The molecule has 112 valence electrons. The Morgan fingerprint density at radius 3 is 1.56 bits per heavy atom. The number of unbranched alkanes of at least 4 members (excludes halogenated alkanes) is 9. The zero-order valence-electron chi connectivity index (χ0n) is 11.8. The number of hydrogen-bond acceptors (Lipinski definition) is 2. The molecular formula is C14H31Cl2NO. The molecule has 0 unspecified atom stereocenters. The van der Waals surface area contributed by atoms with Gasteiger partial charge in [-0.1, -0.05) is 64.7 Å². The second kappa shape index (κ2) is 19.5. The molecule has 0 saturated carbocycles. The Kier molecular flexibility index (Phi) is 25.3. The zero-order valence-corrected chi connectivity index (χ0v) is 13.4. The van der Waals surface area contributed by atoms with Crippen molar-refractivity contribution in [1.82, 2.24) is 0 Å². The van der Waals surface area contributed by atoms with Crippen LogP contribution in [0.5, 0.6) is 0 Å². The van der Waals surface area contributed by atoms with Crippen LogP contribution in [0.3, 0.4) is 0 Å². The standard InChI is InChI=1S/C14H29NO.2ClH/c1-2-3-4-5-6-7-8-9-10-11-12-14(16)13-15;;/h2-13,15H2,1H3;2*1H. The van der Waals surface area contributed by atoms with Gasteiger partial charge in [0.1, 0.15) is 5.78 Å². The monoisotopic (exact) mass is 299 g/mol. The summed E-state index contributed by atoms with van der Waals surface area (Å²) in [5, 5.41) is 0. The van der Waals surface area contributed by atoms with Gasteiger partial charge in [-0.15, -0.1) is 24.8 Å². The Morgan fingerprint density at radius 2 is 1.17 bits per heavy atom. The van der Waals surface area contributed by atoms with E-state index in [0.717, 1.165) is 6.42 Å². The van der Waals surface area contributed by atoms with Crippen molar-refractivity contribution in [2.75, 3.05) is 6.54 Å². The lowest BCUT2D eigenvalue weighted by molar-refractivity contribution is -0.117. The van der Waals surface area contributed by atoms with Gasteiger partial charge in [0.25, 0.3) is 0 Å². The Hall–Kier alpha value is 0.210. The van der Waals surface area contributed by atoms with Crippen LogP contribution in [0.1, 0.15) is 77.6 Å². The Balaban J connectivity index is -0.00000112. The largest absolute Gasteiger partial charge is 0.324 e. The number of rotatable bonds is 12. The van der Waals surface area contributed by atoms with Gasteiger partial charge in [0.2, 0.25) is 0 Å². The van der Waals surface area contributed by atoms with Crippen molar-refractivity contribution in [3.8, 4) is 0 Å². The van der Waals surface area contributed by atoms with Gasteiger partial charge in [-0.05, 0) is 6.42 Å². The minimum Gasteiger partial charge on any atom is -0.324 e. The minimum absolute atomic E-state index is 0. The quantitative estimate of drug-likeness (QED) is 0.532. The lowest BCUT2D eigenvalue weighted by atomic mass is 10.1. The van der Waals surface area contributed by atoms with Crippen molar-refractivity contribution >= 4 is 30.6 Å². The second-order valence-corrected chi connectivity index (χ2v) is 4.67. The molecule has 0 aromatic rings. The van der Waals surface area contributed by atoms with Crippen molar-refractivity contribution < 1.29 is 4.79 Å². The van der Waals surface area contributed by atoms with Crippen molar-refractivity contribution in [3.05, 3.63) is 0 Å². The first kappa shape index (κ1) is 23.3. The highest BCUT2D eigenvalue weighted by Crippen LogP contribution is 2.11. The van der Waals surface area contributed by atoms with Crippen LogP contribution in [0.25, 0.3) is 0 Å². The Bertz CT molecular complexity index is 166. The SMILES string of the molecule is CCCCCCCCCCCCC(=O)CN.Cl.Cl. The average Bonchev–Trinajstić information content (AvgIpc) is 2.31. The molecule has 0 aliphatic heterocycles. The Labute approximate surface area is 125 Å². The molecule has 0 aliphatic rings. The van der Waals surface area contributed by atoms with Crippen LogP contribution in [0, 0.1) is 0 Å². The van der Waals surface area contributed by atoms with E-state index in [2.05, 4.69) is 6.92 Å². The fourth-order valence-electron chi connectivity index (χ4n) is 1.91. The molecule has 2 N–H and O–H groups in total. The summed E-state index contributed by atoms with van der Waals surface area (Å²) < 4.78 is 0. The highest BCUT2D eigenvalue weighted by atomic mass is 35.5. The molecule has 2 nitrogen and oxygen atoms in total. The Morgan fingerprint density at radius 1 is 0.778 bits per heavy atom. The van der Waals surface area contributed by atoms with Crippen LogP contribution in [0.15, 0.2) is 0 Å². The molecule has 0 spiro atoms. The maximum absolute atomic E-state index is 10.9. The number of nitrogens with two attached hydrogens (primary N) is 1. The molecular weight excluding hydrogens is 269 g/mol. The van der Waals surface area contributed by atoms with Gasteiger partial charge in [-0.2, -0.15) is 0 Å². The van der Waals surface area contributed by atoms with E-state index < -0.39 is 0 Å². The molecule has 0 fully saturated rings. The number of carbonyl (C=O) groups is 1. The minimum atomic E-state index is 0. The van der Waals surface area contributed by atoms with Crippen LogP contribution >= 0.6 is 24.8 Å². The fraction of sp³-hybridized carbons (Fsp3) is 0.929. The molecule has 0 rings (SSSR count). The second-order valence-electron chi connectivity index (χ2n) is 4.67. The molecule has 18 heavy (non-hydrogen) atoms. The third-order valence-electron chi connectivity index (χ3n) is 3.04. The van der Waals surface area contributed by atoms with Crippen LogP contribution in [0.4, 0.5) is 0 Å². The first-order valence-corrected chi connectivity index (χ1v) is 7.03. The van der Waals surface area contributed by atoms with E-state index in [0.29, 0.717) is 6.42 Å². The molecule has 0 bridgehead atoms. The summed E-state index contributed by atoms with van der Waals surface area (Å²) in [5.74, 6) is 0.208. The van der Waals surface area contributed by atoms with Gasteiger partial charge >= 0.3 is 0 Å². The highest BCUT2D eigenvalue weighted by Gasteiger charge is 1.97. The molecule has 0 heterocycles. The van der Waals surface area contributed by atoms with Crippen LogP contribution < -0.4 is 5.73 Å². The summed E-state index contributed by atoms with van der Waals surface area (Å²) in [5.41, 5.74) is 5.24. The predicted molar refractivity (Wildman–Crippen MR) is 85.0 cm³/mol. The van der Waals surface area contributed by atoms with Gasteiger partial charge in [0.05, 0.1) is 6.54 Å². The number of halogens is 2. The van der Waals surface area contributed by atoms with Gasteiger partial charge in [-0.3, -0.25) is 4.79 Å². The van der Waals surface area contributed by atoms with Gasteiger partial charge < -0.3 is 5.73 Å². The maximum atomic E-state index is 10.9. The molecule has 0 amide bonds. The van der Waals surface area contributed by atoms with E-state index in [4.69, 9.17) is 5.73 Å². The summed E-state index contributed by atoms with van der Waals surface area (Å²) in [4.78, 5) is 10.9. The van der Waals surface area contributed by atoms with Crippen LogP contribution in [-0.4, -0.2) is 12.3 Å². The number of carbonyl (C=O) groups excluding carboxylic acids is 1. The van der Waals surface area contributed by atoms with Gasteiger partial charge in [0.15, 0.2) is 0 Å². The molecule has 0 saturated heterocycles. The first-order chi connectivity index (χ1) is 7.81. The summed E-state index contributed by atoms with van der Waals surface area (Å²) in [6.07, 6.45) is 13.8. The third kappa shape index (κ3) is 18.6. The normalized spacial score (nSPS) is 9.44. The lowest BCUT2D eigenvalue weighted by Gasteiger charge is -2.01. The van der Waals surface area contributed by atoms with E-state index in [1.54, 1.807) is 0 Å². The van der Waals surface area contributed by atoms with Crippen molar-refractivity contribution in [1.29, 1.82) is 0 Å². The zero-order chi connectivity index (χ0) is 12.1. The molecule has 0 aromatic carbocycles. The summed E-state index contributed by atoms with van der Waals surface area (Å²) in [6, 6.07) is 0. The molecule has 0 aromatic heterocycles. The van der Waals surface area contributed by atoms with E-state index in [-0.39, 0.29) is 37.1 Å². The summed E-state index contributed by atoms with van der Waals surface area (Å²) in [6.45, 7) is 2.47. The molecule has 0 radical (unpaired) electrons. The van der Waals surface area contributed by atoms with Crippen molar-refractivity contribution in [3.63, 3.8) is 0 Å². The topological polar surface area (TPSA) is 43.1 Å². The smallest absolute Gasteiger partial charge is 0.146 e. The summed E-state index contributed by atoms with van der Waals surface area (Å²) >= 11 is 0. The molecule has 0 atom stereocenters. The van der Waals surface area contributed by atoms with Crippen molar-refractivity contribution in [2.24, 2.45) is 5.73 Å².